The Morgan fingerprint density at radius 1 is 1.16 bits per heavy atom. The third kappa shape index (κ3) is 4.99. The van der Waals surface area contributed by atoms with Gasteiger partial charge in [-0.2, -0.15) is 5.10 Å². The van der Waals surface area contributed by atoms with E-state index >= 15 is 0 Å². The average molecular weight is 567 g/mol. The van der Waals surface area contributed by atoms with Gasteiger partial charge in [-0.05, 0) is 64.9 Å². The van der Waals surface area contributed by atoms with E-state index in [0.717, 1.165) is 20.9 Å². The number of hydrogen-bond donors (Lipinski definition) is 5. The fourth-order valence-corrected chi connectivity index (χ4v) is 5.17. The molecule has 0 spiro atoms. The molecule has 12 heteroatoms. The maximum atomic E-state index is 13.1. The smallest absolute Gasteiger partial charge is 0.220 e. The number of carbonyl (C=O) groups excluding carboxylic acids is 1. The molecule has 1 saturated carbocycles. The van der Waals surface area contributed by atoms with E-state index in [1.165, 1.54) is 11.0 Å². The van der Waals surface area contributed by atoms with Crippen molar-refractivity contribution >= 4 is 50.1 Å². The highest BCUT2D eigenvalue weighted by Crippen LogP contribution is 2.34. The molecule has 1 aromatic carbocycles. The summed E-state index contributed by atoms with van der Waals surface area (Å²) in [5.41, 5.74) is 14.1. The van der Waals surface area contributed by atoms with Gasteiger partial charge in [0.15, 0.2) is 0 Å². The molecule has 3 aromatic heterocycles. The summed E-state index contributed by atoms with van der Waals surface area (Å²) >= 11 is 3.40. The second kappa shape index (κ2) is 10.0. The Morgan fingerprint density at radius 2 is 1.97 bits per heavy atom. The minimum atomic E-state index is -1.05. The molecule has 0 unspecified atom stereocenters. The number of fused-ring (bicyclic) bond motifs is 1. The molecule has 11 nitrogen and oxygen atoms in total. The third-order valence-electron chi connectivity index (χ3n) is 6.84. The van der Waals surface area contributed by atoms with Crippen LogP contribution in [0.1, 0.15) is 34.5 Å². The first kappa shape index (κ1) is 25.1. The number of aliphatic hydroxyl groups is 2. The molecule has 0 bridgehead atoms. The summed E-state index contributed by atoms with van der Waals surface area (Å²) in [7, 11) is 1.71. The van der Waals surface area contributed by atoms with Gasteiger partial charge in [-0.15, -0.1) is 0 Å². The lowest BCUT2D eigenvalue weighted by atomic mass is 9.95. The number of aryl methyl sites for hydroxylation is 2. The van der Waals surface area contributed by atoms with Crippen LogP contribution in [0.25, 0.3) is 10.9 Å². The van der Waals surface area contributed by atoms with E-state index in [9.17, 15) is 15.0 Å². The van der Waals surface area contributed by atoms with E-state index in [2.05, 4.69) is 41.3 Å². The molecular formula is C25H27BrN8O3. The van der Waals surface area contributed by atoms with Gasteiger partial charge in [-0.25, -0.2) is 15.0 Å². The highest BCUT2D eigenvalue weighted by molar-refractivity contribution is 9.10. The van der Waals surface area contributed by atoms with Gasteiger partial charge in [0, 0.05) is 18.6 Å². The standard InChI is InChI=1S/C25H27BrN8O3/c1-34-7-6-16(33-34)21(36)19-24(28)29-11-30-25(19)32-18-10-14(20(35)22(18)37)5-3-12-2-4-13-9-15(26)23(27)31-17(13)8-12/h2,4,6-9,11,14,18,20,22,35,37H,3,5,10H2,1H3,(H2,27,31)(H3,28,29,30,32)/t14-,18+,20+,22-/m0/s1. The van der Waals surface area contributed by atoms with E-state index in [1.807, 2.05) is 24.3 Å². The van der Waals surface area contributed by atoms with E-state index in [0.29, 0.717) is 25.1 Å². The fraction of sp³-hybridized carbons (Fsp3) is 0.320. The SMILES string of the molecule is Cn1ccc(C(=O)c2c(N)ncnc2N[C@@H]2C[C@H](CCc3ccc4cc(Br)c(N)nc4c3)[C@@H](O)[C@H]2O)n1. The molecule has 4 atom stereocenters. The second-order valence-electron chi connectivity index (χ2n) is 9.34. The average Bonchev–Trinajstić information content (AvgIpc) is 3.42. The van der Waals surface area contributed by atoms with Crippen molar-refractivity contribution in [2.24, 2.45) is 13.0 Å². The van der Waals surface area contributed by atoms with Crippen molar-refractivity contribution < 1.29 is 15.0 Å². The molecule has 0 radical (unpaired) electrons. The Labute approximate surface area is 221 Å². The Morgan fingerprint density at radius 3 is 2.73 bits per heavy atom. The lowest BCUT2D eigenvalue weighted by molar-refractivity contribution is 0.0158. The Balaban J connectivity index is 1.30. The van der Waals surface area contributed by atoms with Crippen molar-refractivity contribution in [1.29, 1.82) is 0 Å². The molecule has 0 amide bonds. The zero-order valence-electron chi connectivity index (χ0n) is 20.0. The van der Waals surface area contributed by atoms with E-state index in [-0.39, 0.29) is 28.8 Å². The number of aromatic nitrogens is 5. The molecular weight excluding hydrogens is 540 g/mol. The minimum Gasteiger partial charge on any atom is -0.390 e. The number of pyridine rings is 1. The molecule has 7 N–H and O–H groups in total. The number of ketones is 1. The number of nitrogens with two attached hydrogens (primary N) is 2. The number of anilines is 3. The predicted octanol–water partition coefficient (Wildman–Crippen LogP) is 2.07. The quantitative estimate of drug-likeness (QED) is 0.208. The molecule has 4 aromatic rings. The second-order valence-corrected chi connectivity index (χ2v) is 10.2. The van der Waals surface area contributed by atoms with Gasteiger partial charge in [0.1, 0.15) is 41.1 Å². The number of benzene rings is 1. The first-order valence-corrected chi connectivity index (χ1v) is 12.6. The van der Waals surface area contributed by atoms with E-state index < -0.39 is 24.0 Å². The summed E-state index contributed by atoms with van der Waals surface area (Å²) in [6, 6.07) is 9.00. The molecule has 37 heavy (non-hydrogen) atoms. The number of carbonyl (C=O) groups is 1. The summed E-state index contributed by atoms with van der Waals surface area (Å²) in [6.45, 7) is 0. The Hall–Kier alpha value is -3.61. The van der Waals surface area contributed by atoms with Crippen LogP contribution in [0.4, 0.5) is 17.5 Å². The number of halogens is 1. The van der Waals surface area contributed by atoms with Crippen LogP contribution < -0.4 is 16.8 Å². The molecule has 3 heterocycles. The van der Waals surface area contributed by atoms with Crippen LogP contribution in [0, 0.1) is 5.92 Å². The molecule has 0 aliphatic heterocycles. The van der Waals surface area contributed by atoms with Gasteiger partial charge >= 0.3 is 0 Å². The molecule has 192 valence electrons. The maximum Gasteiger partial charge on any atom is 0.220 e. The first-order valence-electron chi connectivity index (χ1n) is 11.8. The maximum absolute atomic E-state index is 13.1. The monoisotopic (exact) mass is 566 g/mol. The van der Waals surface area contributed by atoms with Gasteiger partial charge in [0.2, 0.25) is 5.78 Å². The van der Waals surface area contributed by atoms with Crippen LogP contribution in [0.5, 0.6) is 0 Å². The summed E-state index contributed by atoms with van der Waals surface area (Å²) in [6.07, 6.45) is 2.75. The summed E-state index contributed by atoms with van der Waals surface area (Å²) < 4.78 is 2.27. The minimum absolute atomic E-state index is 0.00955. The van der Waals surface area contributed by atoms with Crippen LogP contribution in [0.15, 0.2) is 47.3 Å². The predicted molar refractivity (Wildman–Crippen MR) is 143 cm³/mol. The zero-order valence-corrected chi connectivity index (χ0v) is 21.6. The van der Waals surface area contributed by atoms with Gasteiger partial charge in [0.05, 0.1) is 22.1 Å². The number of nitrogen functional groups attached to an aromatic ring is 2. The van der Waals surface area contributed by atoms with Crippen molar-refractivity contribution in [2.75, 3.05) is 16.8 Å². The number of nitrogens with one attached hydrogen (secondary N) is 1. The normalized spacial score (nSPS) is 21.4. The van der Waals surface area contributed by atoms with E-state index in [1.54, 1.807) is 19.3 Å². The van der Waals surface area contributed by atoms with Crippen molar-refractivity contribution in [3.05, 3.63) is 64.1 Å². The highest BCUT2D eigenvalue weighted by atomic mass is 79.9. The fourth-order valence-electron chi connectivity index (χ4n) is 4.84. The molecule has 5 rings (SSSR count). The Bertz CT molecular complexity index is 1480. The van der Waals surface area contributed by atoms with Crippen LogP contribution in [0.3, 0.4) is 0 Å². The number of hydrogen-bond acceptors (Lipinski definition) is 10. The summed E-state index contributed by atoms with van der Waals surface area (Å²) in [5, 5.41) is 29.8. The lowest BCUT2D eigenvalue weighted by Crippen LogP contribution is -2.36. The zero-order chi connectivity index (χ0) is 26.3. The lowest BCUT2D eigenvalue weighted by Gasteiger charge is -2.20. The third-order valence-corrected chi connectivity index (χ3v) is 7.48. The van der Waals surface area contributed by atoms with Crippen LogP contribution in [-0.4, -0.2) is 59.0 Å². The van der Waals surface area contributed by atoms with Crippen LogP contribution in [-0.2, 0) is 13.5 Å². The Kier molecular flexibility index (Phi) is 6.80. The number of aliphatic hydroxyl groups excluding tert-OH is 2. The van der Waals surface area contributed by atoms with Gasteiger partial charge in [-0.3, -0.25) is 9.48 Å². The van der Waals surface area contributed by atoms with Crippen LogP contribution in [0.2, 0.25) is 0 Å². The molecule has 0 saturated heterocycles. The first-order chi connectivity index (χ1) is 17.7. The van der Waals surface area contributed by atoms with Crippen molar-refractivity contribution in [1.82, 2.24) is 24.7 Å². The molecule has 1 aliphatic rings. The van der Waals surface area contributed by atoms with Crippen molar-refractivity contribution in [2.45, 2.75) is 37.5 Å². The van der Waals surface area contributed by atoms with Gasteiger partial charge < -0.3 is 27.0 Å². The number of rotatable bonds is 7. The van der Waals surface area contributed by atoms with Gasteiger partial charge in [0.25, 0.3) is 0 Å². The van der Waals surface area contributed by atoms with Crippen molar-refractivity contribution in [3.63, 3.8) is 0 Å². The summed E-state index contributed by atoms with van der Waals surface area (Å²) in [4.78, 5) is 25.7. The topological polar surface area (TPSA) is 178 Å². The van der Waals surface area contributed by atoms with Crippen LogP contribution >= 0.6 is 15.9 Å². The highest BCUT2D eigenvalue weighted by Gasteiger charge is 2.41. The molecule has 1 fully saturated rings. The largest absolute Gasteiger partial charge is 0.390 e. The van der Waals surface area contributed by atoms with E-state index in [4.69, 9.17) is 11.5 Å². The van der Waals surface area contributed by atoms with Crippen molar-refractivity contribution in [3.8, 4) is 0 Å². The van der Waals surface area contributed by atoms with Gasteiger partial charge in [-0.1, -0.05) is 12.1 Å². The summed E-state index contributed by atoms with van der Waals surface area (Å²) in [5.74, 6) is 0.0440. The number of nitrogens with zero attached hydrogens (tertiary/aromatic N) is 5. The molecule has 1 aliphatic carbocycles.